The Morgan fingerprint density at radius 2 is 1.72 bits per heavy atom. The molecule has 21 nitrogen and oxygen atoms in total. The maximum atomic E-state index is 13.6. The Morgan fingerprint density at radius 1 is 1.02 bits per heavy atom. The van der Waals surface area contributed by atoms with Crippen molar-refractivity contribution in [1.82, 2.24) is 39.0 Å². The van der Waals surface area contributed by atoms with Crippen molar-refractivity contribution < 1.29 is 47.2 Å². The average Bonchev–Trinajstić information content (AvgIpc) is 3.75. The van der Waals surface area contributed by atoms with Crippen LogP contribution in [-0.4, -0.2) is 99.6 Å². The van der Waals surface area contributed by atoms with Gasteiger partial charge in [0.1, 0.15) is 43.0 Å². The van der Waals surface area contributed by atoms with Gasteiger partial charge >= 0.3 is 0 Å². The quantitative estimate of drug-likeness (QED) is 0.112. The van der Waals surface area contributed by atoms with Crippen LogP contribution in [0, 0.1) is 5.92 Å². The van der Waals surface area contributed by atoms with E-state index >= 15 is 0 Å². The Morgan fingerprint density at radius 3 is 2.48 bits per heavy atom. The second kappa shape index (κ2) is 11.8. The van der Waals surface area contributed by atoms with Gasteiger partial charge in [-0.3, -0.25) is 23.5 Å². The van der Waals surface area contributed by atoms with Gasteiger partial charge in [-0.15, -0.1) is 0 Å². The number of hydrogen-bond acceptors (Lipinski definition) is 20. The van der Waals surface area contributed by atoms with Crippen molar-refractivity contribution in [2.75, 3.05) is 31.3 Å². The molecule has 248 valence electrons. The van der Waals surface area contributed by atoms with E-state index in [1.807, 2.05) is 0 Å². The molecule has 3 aliphatic rings. The van der Waals surface area contributed by atoms with Gasteiger partial charge in [0, 0.05) is 5.92 Å². The summed E-state index contributed by atoms with van der Waals surface area (Å²) in [7, 11) is 0. The van der Waals surface area contributed by atoms with Crippen LogP contribution in [0.5, 0.6) is 0 Å². The lowest BCUT2D eigenvalue weighted by Gasteiger charge is -2.34. The molecule has 46 heavy (non-hydrogen) atoms. The van der Waals surface area contributed by atoms with Crippen LogP contribution in [0.2, 0.25) is 0 Å². The molecular formula is C21H24N10O11P2S2-2. The maximum Gasteiger partial charge on any atom is 0.280 e. The molecule has 0 saturated carbocycles. The van der Waals surface area contributed by atoms with Gasteiger partial charge in [0.15, 0.2) is 41.9 Å². The zero-order valence-electron chi connectivity index (χ0n) is 23.0. The van der Waals surface area contributed by atoms with Gasteiger partial charge in [-0.1, -0.05) is 11.8 Å². The molecule has 2 bridgehead atoms. The number of fused-ring (bicyclic) bond motifs is 5. The number of nitrogens with one attached hydrogen (secondary N) is 1. The van der Waals surface area contributed by atoms with Gasteiger partial charge in [-0.25, -0.2) is 19.9 Å². The molecule has 3 saturated heterocycles. The number of aromatic amines is 1. The van der Waals surface area contributed by atoms with Crippen LogP contribution in [0.3, 0.4) is 0 Å². The number of aliphatic hydroxyl groups is 2. The third-order valence-electron chi connectivity index (χ3n) is 7.70. The topological polar surface area (TPSA) is 295 Å². The number of imidazole rings is 2. The molecule has 4 aromatic rings. The molecule has 3 aliphatic heterocycles. The number of ether oxygens (including phenoxy) is 2. The number of rotatable bonds is 3. The summed E-state index contributed by atoms with van der Waals surface area (Å²) in [5, 5.41) is 21.6. The molecule has 7 rings (SSSR count). The number of aliphatic hydroxyl groups excluding tert-OH is 2. The molecule has 4 aromatic heterocycles. The standard InChI is InChI=1S/C21H26N10O11P2S2/c22-15-10-16(25-4-24-15)30(5-26-10)19-12(33)14-9(40-19)3-38-43(35,45)41-13-7(1-32)8(2-37-44(36,46)42-14)39-20(13)31-6-27-11-17(31)28-21(23)29-18(11)34/h4-9,12-14,19-20,32-33H,1-3H2,(H,35,45)(H,36,46)(H2,22,24,25)(H3,23,28,29,34)/p-2. The highest BCUT2D eigenvalue weighted by atomic mass is 32.7. The Labute approximate surface area is 267 Å². The normalized spacial score (nSPS) is 37.1. The number of nitrogens with zero attached hydrogens (tertiary/aromatic N) is 7. The summed E-state index contributed by atoms with van der Waals surface area (Å²) in [5.41, 5.74) is 11.3. The average molecular weight is 719 g/mol. The first-order valence-electron chi connectivity index (χ1n) is 13.4. The lowest BCUT2D eigenvalue weighted by atomic mass is 9.99. The van der Waals surface area contributed by atoms with Crippen LogP contribution in [0.25, 0.3) is 22.3 Å². The SMILES string of the molecule is Nc1nc2c(ncn2C2OC3COP([O-])(=S)OC4C(COP(=O)([S-])OC2C3CO)OC(n2cnc3c(N)ncnc32)C4O)c(=O)[nH]1. The van der Waals surface area contributed by atoms with Gasteiger partial charge in [0.25, 0.3) is 5.56 Å². The van der Waals surface area contributed by atoms with Crippen LogP contribution >= 0.6 is 13.5 Å². The molecule has 7 heterocycles. The minimum Gasteiger partial charge on any atom is -0.780 e. The lowest BCUT2D eigenvalue weighted by molar-refractivity contribution is -0.217. The lowest BCUT2D eigenvalue weighted by Crippen LogP contribution is -2.37. The summed E-state index contributed by atoms with van der Waals surface area (Å²) in [4.78, 5) is 48.5. The van der Waals surface area contributed by atoms with Crippen LogP contribution < -0.4 is 21.9 Å². The van der Waals surface area contributed by atoms with E-state index in [1.54, 1.807) is 0 Å². The van der Waals surface area contributed by atoms with Crippen molar-refractivity contribution in [2.45, 2.75) is 43.0 Å². The van der Waals surface area contributed by atoms with E-state index in [2.05, 4.69) is 29.9 Å². The van der Waals surface area contributed by atoms with Gasteiger partial charge in [0.2, 0.25) is 5.95 Å². The first-order chi connectivity index (χ1) is 21.9. The Bertz CT molecular complexity index is 1960. The monoisotopic (exact) mass is 718 g/mol. The third-order valence-corrected chi connectivity index (χ3v) is 10.8. The van der Waals surface area contributed by atoms with Gasteiger partial charge in [-0.05, 0) is 0 Å². The molecule has 0 radical (unpaired) electrons. The summed E-state index contributed by atoms with van der Waals surface area (Å²) < 4.78 is 50.8. The summed E-state index contributed by atoms with van der Waals surface area (Å²) >= 11 is 10.4. The molecule has 7 N–H and O–H groups in total. The molecule has 3 fully saturated rings. The van der Waals surface area contributed by atoms with E-state index in [9.17, 15) is 24.5 Å². The third kappa shape index (κ3) is 5.64. The Hall–Kier alpha value is -2.63. The number of H-pyrrole nitrogens is 1. The summed E-state index contributed by atoms with van der Waals surface area (Å²) in [6, 6.07) is 0. The molecule has 0 amide bonds. The Balaban J connectivity index is 1.22. The van der Waals surface area contributed by atoms with Gasteiger partial charge in [0.05, 0.1) is 38.6 Å². The molecule has 10 unspecified atom stereocenters. The highest BCUT2D eigenvalue weighted by Gasteiger charge is 2.51. The minimum absolute atomic E-state index is 0.0158. The zero-order chi connectivity index (χ0) is 32.5. The minimum atomic E-state index is -4.46. The predicted octanol–water partition coefficient (Wildman–Crippen LogP) is -2.05. The molecule has 0 aliphatic carbocycles. The fourth-order valence-corrected chi connectivity index (χ4v) is 8.47. The number of nitrogens with two attached hydrogens (primary N) is 2. The van der Waals surface area contributed by atoms with Crippen molar-refractivity contribution in [1.29, 1.82) is 0 Å². The fourth-order valence-electron chi connectivity index (χ4n) is 5.61. The summed E-state index contributed by atoms with van der Waals surface area (Å²) in [6.07, 6.45) is -5.50. The smallest absolute Gasteiger partial charge is 0.280 e. The van der Waals surface area contributed by atoms with Crippen LogP contribution in [0.15, 0.2) is 23.8 Å². The highest BCUT2D eigenvalue weighted by Crippen LogP contribution is 2.54. The molecule has 0 aromatic carbocycles. The van der Waals surface area contributed by atoms with Crippen molar-refractivity contribution in [3.8, 4) is 0 Å². The summed E-state index contributed by atoms with van der Waals surface area (Å²) in [6.45, 7) is -10.6. The second-order valence-corrected chi connectivity index (χ2v) is 15.9. The van der Waals surface area contributed by atoms with Gasteiger partial charge < -0.3 is 66.4 Å². The summed E-state index contributed by atoms with van der Waals surface area (Å²) in [5.74, 6) is -1.15. The van der Waals surface area contributed by atoms with E-state index in [-0.39, 0.29) is 34.1 Å². The number of hydrogen-bond donors (Lipinski definition) is 5. The molecular weight excluding hydrogens is 694 g/mol. The fraction of sp³-hybridized carbons (Fsp3) is 0.524. The van der Waals surface area contributed by atoms with E-state index in [1.165, 1.54) is 28.1 Å². The van der Waals surface area contributed by atoms with E-state index in [0.29, 0.717) is 0 Å². The number of anilines is 2. The number of nitrogen functional groups attached to an aromatic ring is 2. The van der Waals surface area contributed by atoms with Crippen LogP contribution in [0.1, 0.15) is 12.5 Å². The van der Waals surface area contributed by atoms with Crippen molar-refractivity contribution in [3.05, 3.63) is 29.3 Å². The largest absolute Gasteiger partial charge is 0.780 e. The molecule has 10 atom stereocenters. The Kier molecular flexibility index (Phi) is 8.20. The van der Waals surface area contributed by atoms with Crippen LogP contribution in [0.4, 0.5) is 11.8 Å². The van der Waals surface area contributed by atoms with Crippen molar-refractivity contribution in [3.63, 3.8) is 0 Å². The maximum absolute atomic E-state index is 13.6. The van der Waals surface area contributed by atoms with Crippen LogP contribution in [-0.2, 0) is 56.2 Å². The van der Waals surface area contributed by atoms with E-state index in [0.717, 1.165) is 0 Å². The van der Waals surface area contributed by atoms with E-state index in [4.69, 9.17) is 63.1 Å². The first-order valence-corrected chi connectivity index (χ1v) is 18.5. The van der Waals surface area contributed by atoms with Crippen molar-refractivity contribution in [2.24, 2.45) is 5.92 Å². The first kappa shape index (κ1) is 31.9. The number of aromatic nitrogens is 8. The predicted molar refractivity (Wildman–Crippen MR) is 158 cm³/mol. The second-order valence-electron chi connectivity index (χ2n) is 10.5. The van der Waals surface area contributed by atoms with Crippen molar-refractivity contribution >= 4 is 71.7 Å². The molecule has 25 heteroatoms. The molecule has 0 spiro atoms. The van der Waals surface area contributed by atoms with E-state index < -0.39 is 87.8 Å². The van der Waals surface area contributed by atoms with Gasteiger partial charge in [-0.2, -0.15) is 4.98 Å². The zero-order valence-corrected chi connectivity index (χ0v) is 26.5. The highest BCUT2D eigenvalue weighted by molar-refractivity contribution is 8.32.